The van der Waals surface area contributed by atoms with Crippen LogP contribution in [0.3, 0.4) is 0 Å². The Morgan fingerprint density at radius 3 is 2.15 bits per heavy atom. The van der Waals surface area contributed by atoms with Crippen molar-refractivity contribution in [1.29, 1.82) is 0 Å². The fourth-order valence-electron chi connectivity index (χ4n) is 3.83. The van der Waals surface area contributed by atoms with E-state index in [0.717, 1.165) is 12.3 Å². The number of benzene rings is 1. The van der Waals surface area contributed by atoms with Gasteiger partial charge in [0.2, 0.25) is 0 Å². The molecule has 20 heavy (non-hydrogen) atoms. The fourth-order valence-corrected chi connectivity index (χ4v) is 3.83. The highest BCUT2D eigenvalue weighted by Gasteiger charge is 2.29. The van der Waals surface area contributed by atoms with Crippen LogP contribution >= 0.6 is 0 Å². The summed E-state index contributed by atoms with van der Waals surface area (Å²) in [5, 5.41) is 0. The SMILES string of the molecule is CCC[C@]1(C)CC[C@H](CCc2ccc(CC)cc2)CC1. The maximum Gasteiger partial charge on any atom is -0.0276 e. The highest BCUT2D eigenvalue weighted by atomic mass is 14.3. The van der Waals surface area contributed by atoms with Crippen LogP contribution in [0.15, 0.2) is 24.3 Å². The van der Waals surface area contributed by atoms with E-state index in [1.807, 2.05) is 0 Å². The summed E-state index contributed by atoms with van der Waals surface area (Å²) in [6.45, 7) is 7.07. The molecule has 1 saturated carbocycles. The molecule has 1 aromatic rings. The van der Waals surface area contributed by atoms with Gasteiger partial charge in [0.25, 0.3) is 0 Å². The Morgan fingerprint density at radius 1 is 1.00 bits per heavy atom. The maximum absolute atomic E-state index is 2.51. The Labute approximate surface area is 126 Å². The molecule has 0 heterocycles. The molecule has 0 nitrogen and oxygen atoms in total. The second-order valence-electron chi connectivity index (χ2n) is 7.21. The molecule has 0 aliphatic heterocycles. The Morgan fingerprint density at radius 2 is 1.60 bits per heavy atom. The Kier molecular flexibility index (Phi) is 5.69. The first-order chi connectivity index (χ1) is 9.65. The summed E-state index contributed by atoms with van der Waals surface area (Å²) in [5.41, 5.74) is 3.65. The number of rotatable bonds is 6. The zero-order valence-electron chi connectivity index (χ0n) is 13.8. The van der Waals surface area contributed by atoms with Gasteiger partial charge in [-0.3, -0.25) is 0 Å². The van der Waals surface area contributed by atoms with E-state index >= 15 is 0 Å². The largest absolute Gasteiger partial charge is 0.0654 e. The molecule has 1 aliphatic carbocycles. The van der Waals surface area contributed by atoms with Gasteiger partial charge in [-0.25, -0.2) is 0 Å². The second-order valence-corrected chi connectivity index (χ2v) is 7.21. The molecule has 0 spiro atoms. The molecule has 0 bridgehead atoms. The molecule has 0 atom stereocenters. The fraction of sp³-hybridized carbons (Fsp3) is 0.700. The maximum atomic E-state index is 2.51. The molecule has 1 fully saturated rings. The molecule has 0 heteroatoms. The van der Waals surface area contributed by atoms with Gasteiger partial charge in [0.05, 0.1) is 0 Å². The molecular weight excluding hydrogens is 240 g/mol. The predicted octanol–water partition coefficient (Wildman–Crippen LogP) is 6.18. The van der Waals surface area contributed by atoms with Crippen molar-refractivity contribution in [3.63, 3.8) is 0 Å². The third-order valence-electron chi connectivity index (χ3n) is 5.44. The van der Waals surface area contributed by atoms with E-state index in [1.54, 1.807) is 0 Å². The molecule has 1 aromatic carbocycles. The first-order valence-electron chi connectivity index (χ1n) is 8.73. The van der Waals surface area contributed by atoms with Crippen molar-refractivity contribution in [3.8, 4) is 0 Å². The highest BCUT2D eigenvalue weighted by molar-refractivity contribution is 5.22. The van der Waals surface area contributed by atoms with Crippen molar-refractivity contribution in [3.05, 3.63) is 35.4 Å². The van der Waals surface area contributed by atoms with Gasteiger partial charge in [0, 0.05) is 0 Å². The van der Waals surface area contributed by atoms with E-state index in [1.165, 1.54) is 62.5 Å². The summed E-state index contributed by atoms with van der Waals surface area (Å²) in [4.78, 5) is 0. The lowest BCUT2D eigenvalue weighted by Crippen LogP contribution is -2.24. The van der Waals surface area contributed by atoms with Crippen molar-refractivity contribution in [2.75, 3.05) is 0 Å². The summed E-state index contributed by atoms with van der Waals surface area (Å²) >= 11 is 0. The summed E-state index contributed by atoms with van der Waals surface area (Å²) in [7, 11) is 0. The minimum atomic E-state index is 0.661. The topological polar surface area (TPSA) is 0 Å². The van der Waals surface area contributed by atoms with Gasteiger partial charge < -0.3 is 0 Å². The molecule has 0 unspecified atom stereocenters. The van der Waals surface area contributed by atoms with Gasteiger partial charge in [-0.15, -0.1) is 0 Å². The number of aryl methyl sites for hydroxylation is 2. The minimum absolute atomic E-state index is 0.661. The molecular formula is C20H32. The Balaban J connectivity index is 1.75. The van der Waals surface area contributed by atoms with Crippen molar-refractivity contribution in [2.24, 2.45) is 11.3 Å². The van der Waals surface area contributed by atoms with Crippen LogP contribution in [0.5, 0.6) is 0 Å². The molecule has 0 aromatic heterocycles. The lowest BCUT2D eigenvalue weighted by molar-refractivity contribution is 0.151. The Bertz CT molecular complexity index is 379. The predicted molar refractivity (Wildman–Crippen MR) is 89.1 cm³/mol. The molecule has 0 radical (unpaired) electrons. The van der Waals surface area contributed by atoms with Gasteiger partial charge in [0.1, 0.15) is 0 Å². The third-order valence-corrected chi connectivity index (χ3v) is 5.44. The summed E-state index contributed by atoms with van der Waals surface area (Å²) in [6, 6.07) is 9.27. The molecule has 1 aliphatic rings. The van der Waals surface area contributed by atoms with Crippen LogP contribution in [0.2, 0.25) is 0 Å². The van der Waals surface area contributed by atoms with Crippen LogP contribution in [0, 0.1) is 11.3 Å². The monoisotopic (exact) mass is 272 g/mol. The quantitative estimate of drug-likeness (QED) is 0.580. The second kappa shape index (κ2) is 7.29. The zero-order chi connectivity index (χ0) is 14.4. The average molecular weight is 272 g/mol. The van der Waals surface area contributed by atoms with Gasteiger partial charge >= 0.3 is 0 Å². The van der Waals surface area contributed by atoms with E-state index in [0.29, 0.717) is 5.41 Å². The first-order valence-corrected chi connectivity index (χ1v) is 8.73. The van der Waals surface area contributed by atoms with E-state index in [2.05, 4.69) is 45.0 Å². The van der Waals surface area contributed by atoms with Gasteiger partial charge in [0.15, 0.2) is 0 Å². The standard InChI is InChI=1S/C20H32/c1-4-14-20(3)15-12-19(13-16-20)11-10-18-8-6-17(5-2)7-9-18/h6-9,19H,4-5,10-16H2,1-3H3/t19-,20+. The van der Waals surface area contributed by atoms with Crippen molar-refractivity contribution < 1.29 is 0 Å². The zero-order valence-corrected chi connectivity index (χ0v) is 13.8. The third kappa shape index (κ3) is 4.36. The van der Waals surface area contributed by atoms with Crippen LogP contribution < -0.4 is 0 Å². The van der Waals surface area contributed by atoms with Crippen molar-refractivity contribution in [2.45, 2.75) is 78.6 Å². The van der Waals surface area contributed by atoms with Gasteiger partial charge in [-0.1, -0.05) is 51.5 Å². The van der Waals surface area contributed by atoms with Crippen LogP contribution in [0.1, 0.15) is 76.8 Å². The lowest BCUT2D eigenvalue weighted by atomic mass is 9.68. The molecule has 0 saturated heterocycles. The Hall–Kier alpha value is -0.780. The first kappa shape index (κ1) is 15.6. The molecule has 2 rings (SSSR count). The molecule has 0 N–H and O–H groups in total. The van der Waals surface area contributed by atoms with Crippen molar-refractivity contribution in [1.82, 2.24) is 0 Å². The van der Waals surface area contributed by atoms with E-state index < -0.39 is 0 Å². The van der Waals surface area contributed by atoms with Crippen LogP contribution in [0.25, 0.3) is 0 Å². The summed E-state index contributed by atoms with van der Waals surface area (Å²) < 4.78 is 0. The highest BCUT2D eigenvalue weighted by Crippen LogP contribution is 2.43. The summed E-state index contributed by atoms with van der Waals surface area (Å²) in [5.74, 6) is 0.978. The minimum Gasteiger partial charge on any atom is -0.0654 e. The van der Waals surface area contributed by atoms with Gasteiger partial charge in [-0.2, -0.15) is 0 Å². The van der Waals surface area contributed by atoms with E-state index in [-0.39, 0.29) is 0 Å². The smallest absolute Gasteiger partial charge is 0.0276 e. The van der Waals surface area contributed by atoms with Crippen molar-refractivity contribution >= 4 is 0 Å². The molecule has 0 amide bonds. The van der Waals surface area contributed by atoms with E-state index in [4.69, 9.17) is 0 Å². The lowest BCUT2D eigenvalue weighted by Gasteiger charge is -2.37. The van der Waals surface area contributed by atoms with Crippen LogP contribution in [-0.2, 0) is 12.8 Å². The van der Waals surface area contributed by atoms with Crippen LogP contribution in [-0.4, -0.2) is 0 Å². The average Bonchev–Trinajstić information content (AvgIpc) is 2.47. The molecule has 112 valence electrons. The number of hydrogen-bond donors (Lipinski definition) is 0. The normalized spacial score (nSPS) is 26.6. The van der Waals surface area contributed by atoms with Gasteiger partial charge in [-0.05, 0) is 73.8 Å². The summed E-state index contributed by atoms with van der Waals surface area (Å²) in [6.07, 6.45) is 12.4. The number of hydrogen-bond acceptors (Lipinski definition) is 0. The van der Waals surface area contributed by atoms with Crippen LogP contribution in [0.4, 0.5) is 0 Å². The van der Waals surface area contributed by atoms with E-state index in [9.17, 15) is 0 Å².